The Hall–Kier alpha value is -0.530. The monoisotopic (exact) mass is 182 g/mol. The first-order chi connectivity index (χ1) is 5.93. The zero-order valence-electron chi connectivity index (χ0n) is 9.46. The van der Waals surface area contributed by atoms with Gasteiger partial charge in [-0.25, -0.2) is 0 Å². The van der Waals surface area contributed by atoms with E-state index in [1.165, 1.54) is 0 Å². The van der Waals surface area contributed by atoms with Gasteiger partial charge in [-0.2, -0.15) is 0 Å². The molecule has 1 N–H and O–H groups in total. The van der Waals surface area contributed by atoms with Crippen LogP contribution >= 0.6 is 0 Å². The summed E-state index contributed by atoms with van der Waals surface area (Å²) in [7, 11) is 0. The molecule has 2 nitrogen and oxygen atoms in total. The van der Waals surface area contributed by atoms with E-state index in [0.29, 0.717) is 23.3 Å². The van der Waals surface area contributed by atoms with Crippen LogP contribution in [0.2, 0.25) is 0 Å². The molecule has 0 aliphatic carbocycles. The highest BCUT2D eigenvalue weighted by molar-refractivity contribution is 5.56. The van der Waals surface area contributed by atoms with Crippen LogP contribution in [0.4, 0.5) is 0 Å². The molecule has 0 saturated carbocycles. The molecule has 0 radical (unpaired) electrons. The van der Waals surface area contributed by atoms with Gasteiger partial charge < -0.3 is 5.32 Å². The van der Waals surface area contributed by atoms with Gasteiger partial charge in [0.1, 0.15) is 0 Å². The Kier molecular flexibility index (Phi) is 2.99. The molecular formula is C11H22N2. The lowest BCUT2D eigenvalue weighted by Crippen LogP contribution is -2.49. The van der Waals surface area contributed by atoms with E-state index >= 15 is 0 Å². The maximum atomic E-state index is 4.32. The van der Waals surface area contributed by atoms with Crippen LogP contribution in [0, 0.1) is 17.3 Å². The number of hydrogen-bond acceptors (Lipinski definition) is 2. The van der Waals surface area contributed by atoms with E-state index in [2.05, 4.69) is 44.9 Å². The lowest BCUT2D eigenvalue weighted by Gasteiger charge is -2.40. The average molecular weight is 182 g/mol. The molecule has 13 heavy (non-hydrogen) atoms. The average Bonchev–Trinajstić information content (AvgIpc) is 2.03. The molecule has 0 aromatic carbocycles. The molecule has 0 saturated heterocycles. The highest BCUT2D eigenvalue weighted by Crippen LogP contribution is 2.32. The Balaban J connectivity index is 2.75. The van der Waals surface area contributed by atoms with E-state index in [1.54, 1.807) is 0 Å². The standard InChI is InChI=1S/C11H22N2/c1-8(2)10-9(11(3,4)5)6-12-7-13-10/h7-10H,6H2,1-5H3,(H,12,13). The van der Waals surface area contributed by atoms with Crippen molar-refractivity contribution in [1.82, 2.24) is 5.32 Å². The Labute approximate surface area is 81.8 Å². The molecule has 0 aromatic rings. The van der Waals surface area contributed by atoms with Crippen molar-refractivity contribution in [2.45, 2.75) is 40.7 Å². The van der Waals surface area contributed by atoms with Gasteiger partial charge in [0, 0.05) is 18.5 Å². The molecule has 0 fully saturated rings. The predicted molar refractivity (Wildman–Crippen MR) is 58.1 cm³/mol. The van der Waals surface area contributed by atoms with Crippen molar-refractivity contribution in [3.63, 3.8) is 0 Å². The van der Waals surface area contributed by atoms with Crippen LogP contribution in [0.3, 0.4) is 0 Å². The molecule has 2 heteroatoms. The van der Waals surface area contributed by atoms with Crippen molar-refractivity contribution in [2.24, 2.45) is 22.2 Å². The van der Waals surface area contributed by atoms with Gasteiger partial charge in [0.05, 0.1) is 6.34 Å². The van der Waals surface area contributed by atoms with Crippen LogP contribution in [0.15, 0.2) is 4.99 Å². The zero-order valence-corrected chi connectivity index (χ0v) is 9.46. The SMILES string of the molecule is CC(C)C1NC=NCC1C(C)(C)C. The first kappa shape index (κ1) is 10.6. The lowest BCUT2D eigenvalue weighted by molar-refractivity contribution is 0.163. The number of nitrogens with one attached hydrogen (secondary N) is 1. The minimum absolute atomic E-state index is 0.347. The van der Waals surface area contributed by atoms with Crippen molar-refractivity contribution < 1.29 is 0 Å². The van der Waals surface area contributed by atoms with Crippen molar-refractivity contribution in [3.8, 4) is 0 Å². The minimum Gasteiger partial charge on any atom is -0.373 e. The molecule has 2 unspecified atom stereocenters. The van der Waals surface area contributed by atoms with E-state index in [-0.39, 0.29) is 0 Å². The summed E-state index contributed by atoms with van der Waals surface area (Å²) < 4.78 is 0. The third-order valence-corrected chi connectivity index (χ3v) is 2.92. The second-order valence-corrected chi connectivity index (χ2v) is 5.40. The highest BCUT2D eigenvalue weighted by atomic mass is 15.0. The molecule has 2 atom stereocenters. The Bertz CT molecular complexity index is 189. The molecule has 1 aliphatic rings. The van der Waals surface area contributed by atoms with Crippen LogP contribution in [0.25, 0.3) is 0 Å². The molecular weight excluding hydrogens is 160 g/mol. The minimum atomic E-state index is 0.347. The summed E-state index contributed by atoms with van der Waals surface area (Å²) >= 11 is 0. The summed E-state index contributed by atoms with van der Waals surface area (Å²) in [5, 5.41) is 3.38. The van der Waals surface area contributed by atoms with E-state index in [4.69, 9.17) is 0 Å². The lowest BCUT2D eigenvalue weighted by atomic mass is 9.72. The van der Waals surface area contributed by atoms with Gasteiger partial charge in [-0.15, -0.1) is 0 Å². The molecule has 1 rings (SSSR count). The van der Waals surface area contributed by atoms with Gasteiger partial charge in [0.2, 0.25) is 0 Å². The Morgan fingerprint density at radius 2 is 2.00 bits per heavy atom. The van der Waals surface area contributed by atoms with Gasteiger partial charge in [-0.1, -0.05) is 34.6 Å². The highest BCUT2D eigenvalue weighted by Gasteiger charge is 2.34. The fourth-order valence-electron chi connectivity index (χ4n) is 2.00. The number of aliphatic imine (C=N–C) groups is 1. The zero-order chi connectivity index (χ0) is 10.1. The van der Waals surface area contributed by atoms with E-state index in [1.807, 2.05) is 6.34 Å². The summed E-state index contributed by atoms with van der Waals surface area (Å²) in [4.78, 5) is 4.32. The van der Waals surface area contributed by atoms with E-state index in [0.717, 1.165) is 6.54 Å². The maximum Gasteiger partial charge on any atom is 0.0826 e. The van der Waals surface area contributed by atoms with Gasteiger partial charge >= 0.3 is 0 Å². The summed E-state index contributed by atoms with van der Waals surface area (Å²) in [6, 6.07) is 0.581. The van der Waals surface area contributed by atoms with Crippen LogP contribution in [0.5, 0.6) is 0 Å². The third kappa shape index (κ3) is 2.45. The van der Waals surface area contributed by atoms with Crippen molar-refractivity contribution in [1.29, 1.82) is 0 Å². The van der Waals surface area contributed by atoms with Crippen molar-refractivity contribution in [3.05, 3.63) is 0 Å². The quantitative estimate of drug-likeness (QED) is 0.661. The summed E-state index contributed by atoms with van der Waals surface area (Å²) in [5.41, 5.74) is 0.347. The fourth-order valence-corrected chi connectivity index (χ4v) is 2.00. The fraction of sp³-hybridized carbons (Fsp3) is 0.909. The largest absolute Gasteiger partial charge is 0.373 e. The van der Waals surface area contributed by atoms with Crippen LogP contribution < -0.4 is 5.32 Å². The predicted octanol–water partition coefficient (Wildman–Crippen LogP) is 2.30. The van der Waals surface area contributed by atoms with Gasteiger partial charge in [0.15, 0.2) is 0 Å². The van der Waals surface area contributed by atoms with Crippen LogP contribution in [0.1, 0.15) is 34.6 Å². The summed E-state index contributed by atoms with van der Waals surface area (Å²) in [6.45, 7) is 12.4. The topological polar surface area (TPSA) is 24.4 Å². The molecule has 76 valence electrons. The van der Waals surface area contributed by atoms with E-state index < -0.39 is 0 Å². The normalized spacial score (nSPS) is 29.1. The second kappa shape index (κ2) is 3.69. The van der Waals surface area contributed by atoms with Crippen LogP contribution in [-0.4, -0.2) is 18.9 Å². The Morgan fingerprint density at radius 3 is 2.38 bits per heavy atom. The van der Waals surface area contributed by atoms with Gasteiger partial charge in [0.25, 0.3) is 0 Å². The van der Waals surface area contributed by atoms with E-state index in [9.17, 15) is 0 Å². The molecule has 0 spiro atoms. The molecule has 1 heterocycles. The number of nitrogens with zero attached hydrogens (tertiary/aromatic N) is 1. The van der Waals surface area contributed by atoms with Crippen LogP contribution in [-0.2, 0) is 0 Å². The number of hydrogen-bond donors (Lipinski definition) is 1. The summed E-state index contributed by atoms with van der Waals surface area (Å²) in [6.07, 6.45) is 1.87. The van der Waals surface area contributed by atoms with Crippen molar-refractivity contribution >= 4 is 6.34 Å². The first-order valence-electron chi connectivity index (χ1n) is 5.17. The smallest absolute Gasteiger partial charge is 0.0826 e. The number of rotatable bonds is 1. The molecule has 0 amide bonds. The first-order valence-corrected chi connectivity index (χ1v) is 5.17. The second-order valence-electron chi connectivity index (χ2n) is 5.40. The summed E-state index contributed by atoms with van der Waals surface area (Å²) in [5.74, 6) is 1.33. The third-order valence-electron chi connectivity index (χ3n) is 2.92. The van der Waals surface area contributed by atoms with Crippen molar-refractivity contribution in [2.75, 3.05) is 6.54 Å². The molecule has 1 aliphatic heterocycles. The molecule has 0 bridgehead atoms. The van der Waals surface area contributed by atoms with Gasteiger partial charge in [-0.05, 0) is 11.3 Å². The maximum absolute atomic E-state index is 4.32. The van der Waals surface area contributed by atoms with Gasteiger partial charge in [-0.3, -0.25) is 4.99 Å². The molecule has 0 aromatic heterocycles. The Morgan fingerprint density at radius 1 is 1.38 bits per heavy atom.